The van der Waals surface area contributed by atoms with Crippen molar-refractivity contribution in [1.82, 2.24) is 15.0 Å². The summed E-state index contributed by atoms with van der Waals surface area (Å²) >= 11 is 0. The van der Waals surface area contributed by atoms with Crippen LogP contribution in [0.15, 0.2) is 103 Å². The molecule has 30 heavy (non-hydrogen) atoms. The Bertz CT molecular complexity index is 1230. The van der Waals surface area contributed by atoms with Gasteiger partial charge >= 0.3 is 12.0 Å². The molecule has 144 valence electrons. The maximum atomic E-state index is 5.86. The average molecular weight is 391 g/mol. The Balaban J connectivity index is 1.57. The van der Waals surface area contributed by atoms with Crippen LogP contribution in [0.4, 0.5) is 0 Å². The first-order valence-electron chi connectivity index (χ1n) is 9.54. The van der Waals surface area contributed by atoms with E-state index in [-0.39, 0.29) is 12.0 Å². The number of ether oxygens (including phenoxy) is 2. The monoisotopic (exact) mass is 391 g/mol. The molecule has 0 unspecified atom stereocenters. The van der Waals surface area contributed by atoms with Gasteiger partial charge in [0, 0.05) is 5.56 Å². The fourth-order valence-corrected chi connectivity index (χ4v) is 3.07. The van der Waals surface area contributed by atoms with Crippen LogP contribution in [0.3, 0.4) is 0 Å². The van der Waals surface area contributed by atoms with Crippen molar-refractivity contribution < 1.29 is 9.47 Å². The Morgan fingerprint density at radius 3 is 1.60 bits per heavy atom. The second-order valence-corrected chi connectivity index (χ2v) is 6.62. The number of nitrogens with zero attached hydrogens (tertiary/aromatic N) is 3. The molecular formula is C25H17N3O2. The first kappa shape index (κ1) is 17.8. The predicted octanol–water partition coefficient (Wildman–Crippen LogP) is 6.28. The number of para-hydroxylation sites is 2. The van der Waals surface area contributed by atoms with Crippen molar-refractivity contribution in [2.24, 2.45) is 0 Å². The summed E-state index contributed by atoms with van der Waals surface area (Å²) in [5, 5.41) is 2.25. The summed E-state index contributed by atoms with van der Waals surface area (Å²) in [6, 6.07) is 33.4. The molecule has 0 aliphatic heterocycles. The van der Waals surface area contributed by atoms with E-state index in [4.69, 9.17) is 9.47 Å². The molecule has 1 aromatic heterocycles. The standard InChI is InChI=1S/C25H17N3O2/c1-3-11-21(12-4-1)29-24-26-23(20-16-15-18-9-7-8-10-19(18)17-20)27-25(28-24)30-22-13-5-2-6-14-22/h1-17H. The van der Waals surface area contributed by atoms with Crippen molar-refractivity contribution in [3.63, 3.8) is 0 Å². The Labute approximate surface area is 173 Å². The van der Waals surface area contributed by atoms with Crippen LogP contribution >= 0.6 is 0 Å². The summed E-state index contributed by atoms with van der Waals surface area (Å²) in [5.74, 6) is 1.75. The van der Waals surface area contributed by atoms with Crippen molar-refractivity contribution in [3.8, 4) is 34.9 Å². The number of aromatic nitrogens is 3. The lowest BCUT2D eigenvalue weighted by Gasteiger charge is -2.09. The fraction of sp³-hybridized carbons (Fsp3) is 0. The third kappa shape index (κ3) is 3.95. The molecule has 5 heteroatoms. The molecule has 0 spiro atoms. The third-order valence-corrected chi connectivity index (χ3v) is 4.51. The SMILES string of the molecule is c1ccc(Oc2nc(Oc3ccccc3)nc(-c3ccc4ccccc4c3)n2)cc1. The molecule has 0 fully saturated rings. The van der Waals surface area contributed by atoms with E-state index in [2.05, 4.69) is 27.1 Å². The molecule has 0 atom stereocenters. The van der Waals surface area contributed by atoms with Gasteiger partial charge in [-0.05, 0) is 41.1 Å². The minimum Gasteiger partial charge on any atom is -0.424 e. The van der Waals surface area contributed by atoms with E-state index in [1.165, 1.54) is 0 Å². The molecule has 0 bridgehead atoms. The van der Waals surface area contributed by atoms with Crippen LogP contribution in [0.1, 0.15) is 0 Å². The number of fused-ring (bicyclic) bond motifs is 1. The Morgan fingerprint density at radius 1 is 0.467 bits per heavy atom. The van der Waals surface area contributed by atoms with Crippen LogP contribution in [0.25, 0.3) is 22.2 Å². The summed E-state index contributed by atoms with van der Waals surface area (Å²) in [7, 11) is 0. The molecule has 1 heterocycles. The lowest BCUT2D eigenvalue weighted by Crippen LogP contribution is -2.01. The lowest BCUT2D eigenvalue weighted by molar-refractivity contribution is 0.398. The number of hydrogen-bond donors (Lipinski definition) is 0. The van der Waals surface area contributed by atoms with Crippen molar-refractivity contribution in [2.75, 3.05) is 0 Å². The van der Waals surface area contributed by atoms with Gasteiger partial charge < -0.3 is 9.47 Å². The van der Waals surface area contributed by atoms with Crippen molar-refractivity contribution in [2.45, 2.75) is 0 Å². The summed E-state index contributed by atoms with van der Waals surface area (Å²) in [4.78, 5) is 13.4. The molecule has 5 aromatic rings. The van der Waals surface area contributed by atoms with Crippen molar-refractivity contribution in [3.05, 3.63) is 103 Å². The maximum absolute atomic E-state index is 5.86. The highest BCUT2D eigenvalue weighted by Gasteiger charge is 2.13. The fourth-order valence-electron chi connectivity index (χ4n) is 3.07. The zero-order chi connectivity index (χ0) is 20.2. The van der Waals surface area contributed by atoms with Crippen LogP contribution in [0.5, 0.6) is 23.5 Å². The summed E-state index contributed by atoms with van der Waals surface area (Å²) in [6.45, 7) is 0. The van der Waals surface area contributed by atoms with Gasteiger partial charge in [-0.15, -0.1) is 4.98 Å². The first-order chi connectivity index (χ1) is 14.8. The molecule has 5 nitrogen and oxygen atoms in total. The van der Waals surface area contributed by atoms with Gasteiger partial charge in [0.2, 0.25) is 0 Å². The van der Waals surface area contributed by atoms with Crippen LogP contribution < -0.4 is 9.47 Å². The Morgan fingerprint density at radius 2 is 1.00 bits per heavy atom. The van der Waals surface area contributed by atoms with Crippen LogP contribution in [0, 0.1) is 0 Å². The van der Waals surface area contributed by atoms with E-state index in [9.17, 15) is 0 Å². The van der Waals surface area contributed by atoms with E-state index < -0.39 is 0 Å². The van der Waals surface area contributed by atoms with E-state index in [1.807, 2.05) is 91.0 Å². The molecule has 0 N–H and O–H groups in total. The topological polar surface area (TPSA) is 57.1 Å². The largest absolute Gasteiger partial charge is 0.424 e. The molecule has 0 aliphatic carbocycles. The molecule has 0 aliphatic rings. The number of hydrogen-bond acceptors (Lipinski definition) is 5. The van der Waals surface area contributed by atoms with Gasteiger partial charge in [0.05, 0.1) is 0 Å². The van der Waals surface area contributed by atoms with E-state index >= 15 is 0 Å². The average Bonchev–Trinajstić information content (AvgIpc) is 2.80. The molecule has 0 saturated carbocycles. The van der Waals surface area contributed by atoms with Gasteiger partial charge in [-0.3, -0.25) is 0 Å². The predicted molar refractivity (Wildman–Crippen MR) is 116 cm³/mol. The molecule has 0 radical (unpaired) electrons. The minimum atomic E-state index is 0.172. The first-order valence-corrected chi connectivity index (χ1v) is 9.54. The van der Waals surface area contributed by atoms with E-state index in [1.54, 1.807) is 0 Å². The van der Waals surface area contributed by atoms with Gasteiger partial charge in [-0.25, -0.2) is 0 Å². The van der Waals surface area contributed by atoms with Crippen LogP contribution in [0.2, 0.25) is 0 Å². The highest BCUT2D eigenvalue weighted by Crippen LogP contribution is 2.27. The molecule has 0 saturated heterocycles. The van der Waals surface area contributed by atoms with Gasteiger partial charge in [0.1, 0.15) is 11.5 Å². The number of benzene rings is 4. The van der Waals surface area contributed by atoms with Crippen molar-refractivity contribution in [1.29, 1.82) is 0 Å². The lowest BCUT2D eigenvalue weighted by atomic mass is 10.1. The van der Waals surface area contributed by atoms with Crippen LogP contribution in [-0.4, -0.2) is 15.0 Å². The Kier molecular flexibility index (Phi) is 4.76. The van der Waals surface area contributed by atoms with Gasteiger partial charge in [-0.1, -0.05) is 72.8 Å². The summed E-state index contributed by atoms with van der Waals surface area (Å²) in [5.41, 5.74) is 0.854. The highest BCUT2D eigenvalue weighted by molar-refractivity contribution is 5.86. The van der Waals surface area contributed by atoms with Gasteiger partial charge in [0.25, 0.3) is 0 Å². The highest BCUT2D eigenvalue weighted by atomic mass is 16.5. The number of rotatable bonds is 5. The smallest absolute Gasteiger partial charge is 0.328 e. The van der Waals surface area contributed by atoms with Gasteiger partial charge in [-0.2, -0.15) is 9.97 Å². The molecular weight excluding hydrogens is 374 g/mol. The second kappa shape index (κ2) is 8.01. The molecule has 5 rings (SSSR count). The quantitative estimate of drug-likeness (QED) is 0.353. The van der Waals surface area contributed by atoms with Crippen LogP contribution in [-0.2, 0) is 0 Å². The molecule has 4 aromatic carbocycles. The van der Waals surface area contributed by atoms with E-state index in [0.29, 0.717) is 17.3 Å². The maximum Gasteiger partial charge on any atom is 0.328 e. The zero-order valence-electron chi connectivity index (χ0n) is 16.0. The second-order valence-electron chi connectivity index (χ2n) is 6.62. The molecule has 0 amide bonds. The zero-order valence-corrected chi connectivity index (χ0v) is 16.0. The van der Waals surface area contributed by atoms with Gasteiger partial charge in [0.15, 0.2) is 5.82 Å². The Hall–Kier alpha value is -4.25. The third-order valence-electron chi connectivity index (χ3n) is 4.51. The summed E-state index contributed by atoms with van der Waals surface area (Å²) in [6.07, 6.45) is 0. The summed E-state index contributed by atoms with van der Waals surface area (Å²) < 4.78 is 11.7. The minimum absolute atomic E-state index is 0.172. The van der Waals surface area contributed by atoms with E-state index in [0.717, 1.165) is 16.3 Å². The van der Waals surface area contributed by atoms with Crippen molar-refractivity contribution >= 4 is 10.8 Å². The normalized spacial score (nSPS) is 10.7.